The molecule has 0 bridgehead atoms. The summed E-state index contributed by atoms with van der Waals surface area (Å²) in [5, 5.41) is 2.38. The molecule has 6 heavy (non-hydrogen) atoms. The van der Waals surface area contributed by atoms with Crippen molar-refractivity contribution in [1.82, 2.24) is 10.6 Å². The van der Waals surface area contributed by atoms with Gasteiger partial charge in [0.15, 0.2) is 0 Å². The summed E-state index contributed by atoms with van der Waals surface area (Å²) in [4.78, 5) is 9.86. The maximum atomic E-state index is 9.86. The maximum Gasteiger partial charge on any atom is 0.231 e. The Morgan fingerprint density at radius 2 is 2.33 bits per heavy atom. The van der Waals surface area contributed by atoms with E-state index < -0.39 is 0 Å². The van der Waals surface area contributed by atoms with Gasteiger partial charge in [0.05, 0.1) is 0 Å². The molecule has 0 aliphatic carbocycles. The first-order valence-corrected chi connectivity index (χ1v) is 2.07. The van der Waals surface area contributed by atoms with E-state index in [4.69, 9.17) is 0 Å². The molecule has 36 valence electrons. The van der Waals surface area contributed by atoms with Crippen LogP contribution in [-0.2, 0) is 4.79 Å². The van der Waals surface area contributed by atoms with Gasteiger partial charge in [0.2, 0.25) is 5.91 Å². The zero-order valence-corrected chi connectivity index (χ0v) is 4.64. The van der Waals surface area contributed by atoms with E-state index in [0.717, 1.165) is 0 Å². The van der Waals surface area contributed by atoms with Crippen LogP contribution in [0, 0.1) is 0 Å². The lowest BCUT2D eigenvalue weighted by Gasteiger charge is -1.91. The van der Waals surface area contributed by atoms with Crippen LogP contribution in [-0.4, -0.2) is 5.91 Å². The summed E-state index contributed by atoms with van der Waals surface area (Å²) in [6.45, 7) is 1.43. The van der Waals surface area contributed by atoms with Gasteiger partial charge in [-0.1, -0.05) is 0 Å². The van der Waals surface area contributed by atoms with Crippen LogP contribution in [0.25, 0.3) is 0 Å². The minimum Gasteiger partial charge on any atom is -0.289 e. The summed E-state index contributed by atoms with van der Waals surface area (Å²) in [5.41, 5.74) is 2.28. The number of nitrogens with one attached hydrogen (secondary N) is 2. The highest BCUT2D eigenvalue weighted by atomic mass is 31.0. The van der Waals surface area contributed by atoms with E-state index in [9.17, 15) is 4.79 Å². The molecule has 1 amide bonds. The molecule has 1 atom stereocenters. The van der Waals surface area contributed by atoms with E-state index in [1.54, 1.807) is 0 Å². The van der Waals surface area contributed by atoms with E-state index >= 15 is 0 Å². The third-order valence-corrected chi connectivity index (χ3v) is 0.393. The molecule has 0 saturated heterocycles. The van der Waals surface area contributed by atoms with Crippen LogP contribution in [0.4, 0.5) is 0 Å². The summed E-state index contributed by atoms with van der Waals surface area (Å²) in [7, 11) is 2.14. The Kier molecular flexibility index (Phi) is 2.99. The van der Waals surface area contributed by atoms with Crippen LogP contribution in [0.3, 0.4) is 0 Å². The number of carbonyl (C=O) groups is 1. The Hall–Kier alpha value is -0.140. The average Bonchev–Trinajstić information content (AvgIpc) is 1.35. The lowest BCUT2D eigenvalue weighted by molar-refractivity contribution is -0.119. The van der Waals surface area contributed by atoms with E-state index in [-0.39, 0.29) is 5.91 Å². The van der Waals surface area contributed by atoms with Gasteiger partial charge in [-0.2, -0.15) is 0 Å². The molecule has 4 heteroatoms. The highest BCUT2D eigenvalue weighted by molar-refractivity contribution is 7.13. The van der Waals surface area contributed by atoms with E-state index in [1.807, 2.05) is 0 Å². The fourth-order valence-electron chi connectivity index (χ4n) is 0.102. The third-order valence-electron chi connectivity index (χ3n) is 0.248. The molecule has 0 radical (unpaired) electrons. The Labute approximate surface area is 38.7 Å². The largest absolute Gasteiger partial charge is 0.289 e. The molecule has 0 aromatic heterocycles. The molecular weight excluding hydrogens is 99.0 g/mol. The van der Waals surface area contributed by atoms with Gasteiger partial charge in [-0.15, -0.1) is 0 Å². The zero-order valence-electron chi connectivity index (χ0n) is 3.49. The lowest BCUT2D eigenvalue weighted by atomic mass is 10.8. The van der Waals surface area contributed by atoms with Crippen molar-refractivity contribution in [3.8, 4) is 0 Å². The second-order valence-corrected chi connectivity index (χ2v) is 1.11. The van der Waals surface area contributed by atoms with Crippen molar-refractivity contribution in [2.45, 2.75) is 6.92 Å². The summed E-state index contributed by atoms with van der Waals surface area (Å²) in [5.74, 6) is -0.0926. The van der Waals surface area contributed by atoms with Crippen molar-refractivity contribution in [2.75, 3.05) is 0 Å². The molecule has 0 rings (SSSR count). The molecule has 0 aromatic rings. The number of rotatable bonds is 1. The summed E-state index contributed by atoms with van der Waals surface area (Å²) in [6, 6.07) is 0. The molecule has 3 nitrogen and oxygen atoms in total. The molecule has 0 fully saturated rings. The average molecular weight is 106 g/mol. The first-order chi connectivity index (χ1) is 2.77. The second-order valence-electron chi connectivity index (χ2n) is 0.826. The first-order valence-electron chi connectivity index (χ1n) is 1.49. The molecule has 1 unspecified atom stereocenters. The van der Waals surface area contributed by atoms with Crippen molar-refractivity contribution in [3.05, 3.63) is 0 Å². The maximum absolute atomic E-state index is 9.86. The zero-order chi connectivity index (χ0) is 4.99. The van der Waals surface area contributed by atoms with E-state index in [0.29, 0.717) is 0 Å². The lowest BCUT2D eigenvalue weighted by Crippen LogP contribution is -2.27. The predicted molar refractivity (Wildman–Crippen MR) is 26.7 cm³/mol. The first kappa shape index (κ1) is 5.86. The minimum absolute atomic E-state index is 0.0926. The van der Waals surface area contributed by atoms with Gasteiger partial charge >= 0.3 is 0 Å². The predicted octanol–water partition coefficient (Wildman–Crippen LogP) is -0.583. The van der Waals surface area contributed by atoms with Crippen LogP contribution in [0.15, 0.2) is 0 Å². The Morgan fingerprint density at radius 1 is 1.83 bits per heavy atom. The molecule has 0 spiro atoms. The summed E-state index contributed by atoms with van der Waals surface area (Å²) in [6.07, 6.45) is 0. The van der Waals surface area contributed by atoms with Gasteiger partial charge in [0.25, 0.3) is 0 Å². The normalized spacial score (nSPS) is 7.67. The fourth-order valence-corrected chi connectivity index (χ4v) is 0.305. The van der Waals surface area contributed by atoms with Crippen molar-refractivity contribution in [3.63, 3.8) is 0 Å². The number of hydrogen-bond donors (Lipinski definition) is 2. The van der Waals surface area contributed by atoms with Gasteiger partial charge in [0, 0.05) is 6.92 Å². The Morgan fingerprint density at radius 3 is 2.33 bits per heavy atom. The van der Waals surface area contributed by atoms with Crippen LogP contribution in [0.1, 0.15) is 6.92 Å². The molecule has 2 N–H and O–H groups in total. The fraction of sp³-hybridized carbons (Fsp3) is 0.500. The Bertz CT molecular complexity index is 55.5. The Balaban J connectivity index is 2.83. The van der Waals surface area contributed by atoms with Gasteiger partial charge in [-0.3, -0.25) is 10.2 Å². The standard InChI is InChI=1S/C2H7N2OP/c1-2(5)3-4-6/h4H,6H2,1H3,(H,3,5). The second kappa shape index (κ2) is 3.07. The summed E-state index contributed by atoms with van der Waals surface area (Å²) < 4.78 is 0. The molecule has 0 aliphatic rings. The highest BCUT2D eigenvalue weighted by Crippen LogP contribution is 1.58. The molecule has 0 heterocycles. The quantitative estimate of drug-likeness (QED) is 0.346. The van der Waals surface area contributed by atoms with Crippen LogP contribution in [0.5, 0.6) is 0 Å². The SMILES string of the molecule is CC(=O)NNP. The number of amides is 1. The van der Waals surface area contributed by atoms with Crippen molar-refractivity contribution < 1.29 is 4.79 Å². The van der Waals surface area contributed by atoms with Crippen LogP contribution >= 0.6 is 9.39 Å². The van der Waals surface area contributed by atoms with Crippen molar-refractivity contribution in [1.29, 1.82) is 0 Å². The number of hydrazine groups is 1. The van der Waals surface area contributed by atoms with Crippen molar-refractivity contribution >= 4 is 15.3 Å². The highest BCUT2D eigenvalue weighted by Gasteiger charge is 1.78. The number of hydrogen-bond acceptors (Lipinski definition) is 2. The molecule has 0 aromatic carbocycles. The van der Waals surface area contributed by atoms with Gasteiger partial charge < -0.3 is 0 Å². The topological polar surface area (TPSA) is 41.1 Å². The van der Waals surface area contributed by atoms with E-state index in [2.05, 4.69) is 20.0 Å². The third kappa shape index (κ3) is 3.86. The van der Waals surface area contributed by atoms with E-state index in [1.165, 1.54) is 6.92 Å². The monoisotopic (exact) mass is 106 g/mol. The number of carbonyl (C=O) groups excluding carboxylic acids is 1. The molecular formula is C2H7N2OP. The summed E-state index contributed by atoms with van der Waals surface area (Å²) >= 11 is 0. The van der Waals surface area contributed by atoms with Crippen molar-refractivity contribution in [2.24, 2.45) is 0 Å². The van der Waals surface area contributed by atoms with Gasteiger partial charge in [0.1, 0.15) is 0 Å². The minimum atomic E-state index is -0.0926. The van der Waals surface area contributed by atoms with Gasteiger partial charge in [-0.25, -0.2) is 5.20 Å². The smallest absolute Gasteiger partial charge is 0.231 e. The van der Waals surface area contributed by atoms with Crippen LogP contribution < -0.4 is 10.6 Å². The van der Waals surface area contributed by atoms with Crippen LogP contribution in [0.2, 0.25) is 0 Å². The molecule has 0 aliphatic heterocycles. The van der Waals surface area contributed by atoms with Gasteiger partial charge in [-0.05, 0) is 9.39 Å². The molecule has 0 saturated carbocycles.